The average Bonchev–Trinajstić information content (AvgIpc) is 2.87. The van der Waals surface area contributed by atoms with E-state index in [2.05, 4.69) is 28.7 Å². The van der Waals surface area contributed by atoms with Gasteiger partial charge in [0.2, 0.25) is 0 Å². The van der Waals surface area contributed by atoms with Crippen molar-refractivity contribution in [3.8, 4) is 0 Å². The van der Waals surface area contributed by atoms with Crippen molar-refractivity contribution in [1.82, 2.24) is 14.9 Å². The summed E-state index contributed by atoms with van der Waals surface area (Å²) in [6.45, 7) is 6.47. The van der Waals surface area contributed by atoms with Crippen LogP contribution >= 0.6 is 0 Å². The highest BCUT2D eigenvalue weighted by Crippen LogP contribution is 2.31. The lowest BCUT2D eigenvalue weighted by Crippen LogP contribution is -2.50. The Labute approximate surface area is 116 Å². The smallest absolute Gasteiger partial charge is 0.122 e. The highest BCUT2D eigenvalue weighted by molar-refractivity contribution is 4.97. The summed E-state index contributed by atoms with van der Waals surface area (Å²) in [5.74, 6) is 1.87. The standard InChI is InChI=1S/C15H27N3O/c1-3-9-18-10-8-16-14(18)11-17-15(12-19)6-4-13(2)5-7-15/h8,10,13,17,19H,3-7,9,11-12H2,1-2H3. The Balaban J connectivity index is 1.94. The maximum atomic E-state index is 9.74. The molecule has 1 saturated carbocycles. The zero-order chi connectivity index (χ0) is 13.7. The predicted molar refractivity (Wildman–Crippen MR) is 76.8 cm³/mol. The normalized spacial score (nSPS) is 27.6. The molecule has 0 saturated heterocycles. The molecule has 108 valence electrons. The number of hydrogen-bond donors (Lipinski definition) is 2. The minimum absolute atomic E-state index is 0.0878. The summed E-state index contributed by atoms with van der Waals surface area (Å²) in [5, 5.41) is 13.3. The van der Waals surface area contributed by atoms with E-state index in [4.69, 9.17) is 0 Å². The molecule has 0 aliphatic heterocycles. The van der Waals surface area contributed by atoms with Crippen LogP contribution in [0.5, 0.6) is 0 Å². The fraction of sp³-hybridized carbons (Fsp3) is 0.800. The minimum atomic E-state index is -0.0878. The molecule has 1 heterocycles. The lowest BCUT2D eigenvalue weighted by Gasteiger charge is -2.39. The highest BCUT2D eigenvalue weighted by atomic mass is 16.3. The van der Waals surface area contributed by atoms with E-state index in [1.54, 1.807) is 0 Å². The van der Waals surface area contributed by atoms with Crippen LogP contribution in [0, 0.1) is 5.92 Å². The molecule has 0 atom stereocenters. The van der Waals surface area contributed by atoms with Gasteiger partial charge in [-0.2, -0.15) is 0 Å². The Morgan fingerprint density at radius 1 is 1.47 bits per heavy atom. The van der Waals surface area contributed by atoms with Gasteiger partial charge >= 0.3 is 0 Å². The van der Waals surface area contributed by atoms with Gasteiger partial charge in [-0.1, -0.05) is 13.8 Å². The van der Waals surface area contributed by atoms with Gasteiger partial charge in [-0.05, 0) is 38.0 Å². The molecule has 0 amide bonds. The Bertz CT molecular complexity index is 380. The Morgan fingerprint density at radius 2 is 2.21 bits per heavy atom. The quantitative estimate of drug-likeness (QED) is 0.830. The summed E-state index contributed by atoms with van der Waals surface area (Å²) >= 11 is 0. The first-order valence-corrected chi connectivity index (χ1v) is 7.55. The number of aromatic nitrogens is 2. The van der Waals surface area contributed by atoms with Crippen LogP contribution in [0.2, 0.25) is 0 Å². The number of rotatable bonds is 6. The summed E-state index contributed by atoms with van der Waals surface area (Å²) in [6, 6.07) is 0. The summed E-state index contributed by atoms with van der Waals surface area (Å²) < 4.78 is 2.20. The van der Waals surface area contributed by atoms with Gasteiger partial charge in [0.15, 0.2) is 0 Å². The van der Waals surface area contributed by atoms with Crippen molar-refractivity contribution < 1.29 is 5.11 Å². The van der Waals surface area contributed by atoms with Crippen molar-refractivity contribution in [2.75, 3.05) is 6.61 Å². The van der Waals surface area contributed by atoms with Crippen molar-refractivity contribution in [3.63, 3.8) is 0 Å². The van der Waals surface area contributed by atoms with E-state index in [0.717, 1.165) is 44.1 Å². The van der Waals surface area contributed by atoms with Gasteiger partial charge in [0.25, 0.3) is 0 Å². The Hall–Kier alpha value is -0.870. The van der Waals surface area contributed by atoms with Crippen LogP contribution in [0.1, 0.15) is 51.8 Å². The first-order valence-electron chi connectivity index (χ1n) is 7.55. The molecule has 0 unspecified atom stereocenters. The van der Waals surface area contributed by atoms with Crippen LogP contribution in [0.3, 0.4) is 0 Å². The molecule has 19 heavy (non-hydrogen) atoms. The first kappa shape index (κ1) is 14.5. The van der Waals surface area contributed by atoms with E-state index in [-0.39, 0.29) is 12.1 Å². The number of imidazole rings is 1. The van der Waals surface area contributed by atoms with Gasteiger partial charge in [-0.25, -0.2) is 4.98 Å². The van der Waals surface area contributed by atoms with Crippen LogP contribution < -0.4 is 5.32 Å². The monoisotopic (exact) mass is 265 g/mol. The number of aliphatic hydroxyl groups is 1. The van der Waals surface area contributed by atoms with Crippen LogP contribution in [0.4, 0.5) is 0 Å². The van der Waals surface area contributed by atoms with Crippen molar-refractivity contribution in [2.24, 2.45) is 5.92 Å². The molecule has 1 aromatic heterocycles. The Morgan fingerprint density at radius 3 is 2.84 bits per heavy atom. The lowest BCUT2D eigenvalue weighted by molar-refractivity contribution is 0.103. The molecule has 1 aliphatic rings. The van der Waals surface area contributed by atoms with E-state index < -0.39 is 0 Å². The zero-order valence-electron chi connectivity index (χ0n) is 12.2. The molecular weight excluding hydrogens is 238 g/mol. The van der Waals surface area contributed by atoms with Crippen LogP contribution in [-0.4, -0.2) is 26.8 Å². The number of nitrogens with zero attached hydrogens (tertiary/aromatic N) is 2. The number of aliphatic hydroxyl groups excluding tert-OH is 1. The summed E-state index contributed by atoms with van der Waals surface area (Å²) in [6.07, 6.45) is 9.56. The van der Waals surface area contributed by atoms with Crippen LogP contribution in [-0.2, 0) is 13.1 Å². The Kier molecular flexibility index (Phi) is 4.99. The average molecular weight is 265 g/mol. The van der Waals surface area contributed by atoms with Crippen molar-refractivity contribution in [1.29, 1.82) is 0 Å². The van der Waals surface area contributed by atoms with Gasteiger partial charge in [-0.3, -0.25) is 0 Å². The predicted octanol–water partition coefficient (Wildman–Crippen LogP) is 2.32. The summed E-state index contributed by atoms with van der Waals surface area (Å²) in [4.78, 5) is 4.42. The van der Waals surface area contributed by atoms with Gasteiger partial charge < -0.3 is 15.0 Å². The van der Waals surface area contributed by atoms with Gasteiger partial charge in [0, 0.05) is 24.5 Å². The van der Waals surface area contributed by atoms with Crippen LogP contribution in [0.15, 0.2) is 12.4 Å². The van der Waals surface area contributed by atoms with Crippen molar-refractivity contribution >= 4 is 0 Å². The molecule has 4 nitrogen and oxygen atoms in total. The molecule has 0 radical (unpaired) electrons. The fourth-order valence-corrected chi connectivity index (χ4v) is 2.92. The van der Waals surface area contributed by atoms with Crippen LogP contribution in [0.25, 0.3) is 0 Å². The number of hydrogen-bond acceptors (Lipinski definition) is 3. The second-order valence-corrected chi connectivity index (χ2v) is 6.01. The van der Waals surface area contributed by atoms with Crippen molar-refractivity contribution in [3.05, 3.63) is 18.2 Å². The number of aryl methyl sites for hydroxylation is 1. The molecule has 0 bridgehead atoms. The molecule has 1 aromatic rings. The van der Waals surface area contributed by atoms with Gasteiger partial charge in [0.05, 0.1) is 13.2 Å². The molecule has 4 heteroatoms. The topological polar surface area (TPSA) is 50.1 Å². The van der Waals surface area contributed by atoms with E-state index in [0.29, 0.717) is 0 Å². The summed E-state index contributed by atoms with van der Waals surface area (Å²) in [5.41, 5.74) is -0.0878. The van der Waals surface area contributed by atoms with Gasteiger partial charge in [-0.15, -0.1) is 0 Å². The minimum Gasteiger partial charge on any atom is -0.394 e. The SMILES string of the molecule is CCCn1ccnc1CNC1(CO)CCC(C)CC1. The third-order valence-corrected chi connectivity index (χ3v) is 4.42. The second kappa shape index (κ2) is 6.53. The zero-order valence-corrected chi connectivity index (χ0v) is 12.2. The highest BCUT2D eigenvalue weighted by Gasteiger charge is 2.33. The maximum Gasteiger partial charge on any atom is 0.122 e. The third kappa shape index (κ3) is 3.57. The number of nitrogens with one attached hydrogen (secondary N) is 1. The third-order valence-electron chi connectivity index (χ3n) is 4.42. The molecule has 1 fully saturated rings. The first-order chi connectivity index (χ1) is 9.19. The van der Waals surface area contributed by atoms with Gasteiger partial charge in [0.1, 0.15) is 5.82 Å². The second-order valence-electron chi connectivity index (χ2n) is 6.01. The van der Waals surface area contributed by atoms with E-state index in [1.807, 2.05) is 12.4 Å². The molecule has 0 spiro atoms. The summed E-state index contributed by atoms with van der Waals surface area (Å²) in [7, 11) is 0. The fourth-order valence-electron chi connectivity index (χ4n) is 2.92. The van der Waals surface area contributed by atoms with E-state index >= 15 is 0 Å². The van der Waals surface area contributed by atoms with E-state index in [9.17, 15) is 5.11 Å². The molecule has 2 N–H and O–H groups in total. The van der Waals surface area contributed by atoms with Crippen molar-refractivity contribution in [2.45, 2.75) is 64.6 Å². The molecular formula is C15H27N3O. The molecule has 1 aliphatic carbocycles. The molecule has 2 rings (SSSR count). The van der Waals surface area contributed by atoms with E-state index in [1.165, 1.54) is 12.8 Å². The largest absolute Gasteiger partial charge is 0.394 e. The lowest BCUT2D eigenvalue weighted by atomic mass is 9.77. The maximum absolute atomic E-state index is 9.74. The molecule has 0 aromatic carbocycles.